The van der Waals surface area contributed by atoms with Gasteiger partial charge in [-0.15, -0.1) is 0 Å². The summed E-state index contributed by atoms with van der Waals surface area (Å²) in [5, 5.41) is -0.0139. The van der Waals surface area contributed by atoms with E-state index in [-0.39, 0.29) is 11.0 Å². The van der Waals surface area contributed by atoms with Gasteiger partial charge in [0, 0.05) is 12.8 Å². The third-order valence-electron chi connectivity index (χ3n) is 0.835. The van der Waals surface area contributed by atoms with Gasteiger partial charge in [-0.05, 0) is 15.9 Å². The van der Waals surface area contributed by atoms with Crippen LogP contribution in [0.4, 0.5) is 0 Å². The van der Waals surface area contributed by atoms with Crippen molar-refractivity contribution in [2.24, 2.45) is 0 Å². The molecule has 0 aromatic carbocycles. The Bertz CT molecular complexity index is 91.7. The van der Waals surface area contributed by atoms with E-state index in [1.807, 2.05) is 0 Å². The highest BCUT2D eigenvalue weighted by Gasteiger charge is 2.19. The molecule has 3 heteroatoms. The van der Waals surface area contributed by atoms with Crippen molar-refractivity contribution >= 4 is 21.9 Å². The smallest absolute Gasteiger partial charge is 0.307 e. The third kappa shape index (κ3) is 1.16. The lowest BCUT2D eigenvalue weighted by Crippen LogP contribution is -1.95. The molecule has 0 aliphatic carbocycles. The van der Waals surface area contributed by atoms with Gasteiger partial charge in [-0.25, -0.2) is 0 Å². The zero-order valence-electron chi connectivity index (χ0n) is 3.69. The minimum Gasteiger partial charge on any atom is -0.451 e. The summed E-state index contributed by atoms with van der Waals surface area (Å²) in [6, 6.07) is 0. The van der Waals surface area contributed by atoms with E-state index in [1.54, 1.807) is 0 Å². The zero-order chi connectivity index (χ0) is 5.28. The SMILES string of the molecule is O=C1CCC(Br)O1. The molecule has 1 unspecified atom stereocenters. The highest BCUT2D eigenvalue weighted by Crippen LogP contribution is 2.17. The number of carbonyl (C=O) groups excluding carboxylic acids is 1. The molecule has 0 aromatic rings. The molecule has 7 heavy (non-hydrogen) atoms. The van der Waals surface area contributed by atoms with Crippen LogP contribution in [0, 0.1) is 0 Å². The summed E-state index contributed by atoms with van der Waals surface area (Å²) >= 11 is 3.14. The second-order valence-electron chi connectivity index (χ2n) is 1.44. The molecule has 40 valence electrons. The molecule has 2 nitrogen and oxygen atoms in total. The second kappa shape index (κ2) is 1.82. The number of hydrogen-bond acceptors (Lipinski definition) is 2. The molecule has 1 aliphatic heterocycles. The fraction of sp³-hybridized carbons (Fsp3) is 0.750. The standard InChI is InChI=1S/C4H5BrO2/c5-3-1-2-4(6)7-3/h3H,1-2H2. The van der Waals surface area contributed by atoms with Gasteiger partial charge in [0.05, 0.1) is 0 Å². The predicted octanol–water partition coefficient (Wildman–Crippen LogP) is 1.04. The van der Waals surface area contributed by atoms with Gasteiger partial charge in [-0.1, -0.05) is 0 Å². The van der Waals surface area contributed by atoms with Gasteiger partial charge in [0.2, 0.25) is 0 Å². The molecule has 0 bridgehead atoms. The predicted molar refractivity (Wildman–Crippen MR) is 28.0 cm³/mol. The number of rotatable bonds is 0. The van der Waals surface area contributed by atoms with Crippen LogP contribution in [-0.4, -0.2) is 11.0 Å². The number of esters is 1. The molecule has 0 saturated carbocycles. The Kier molecular flexibility index (Phi) is 1.32. The van der Waals surface area contributed by atoms with Crippen molar-refractivity contribution in [2.75, 3.05) is 0 Å². The summed E-state index contributed by atoms with van der Waals surface area (Å²) in [7, 11) is 0. The molecule has 0 aromatic heterocycles. The third-order valence-corrected chi connectivity index (χ3v) is 1.48. The molecule has 0 amide bonds. The van der Waals surface area contributed by atoms with Gasteiger partial charge in [0.25, 0.3) is 0 Å². The van der Waals surface area contributed by atoms with E-state index in [0.717, 1.165) is 6.42 Å². The van der Waals surface area contributed by atoms with Crippen LogP contribution in [0.2, 0.25) is 0 Å². The van der Waals surface area contributed by atoms with Crippen molar-refractivity contribution < 1.29 is 9.53 Å². The van der Waals surface area contributed by atoms with Gasteiger partial charge < -0.3 is 4.74 Å². The van der Waals surface area contributed by atoms with E-state index in [0.29, 0.717) is 6.42 Å². The normalized spacial score (nSPS) is 30.4. The van der Waals surface area contributed by atoms with Crippen LogP contribution in [0.25, 0.3) is 0 Å². The minimum atomic E-state index is -0.0955. The van der Waals surface area contributed by atoms with Gasteiger partial charge in [0.15, 0.2) is 5.01 Å². The summed E-state index contributed by atoms with van der Waals surface area (Å²) in [6.07, 6.45) is 1.38. The quantitative estimate of drug-likeness (QED) is 0.396. The van der Waals surface area contributed by atoms with Crippen LogP contribution in [0.3, 0.4) is 0 Å². The van der Waals surface area contributed by atoms with Crippen molar-refractivity contribution in [1.82, 2.24) is 0 Å². The lowest BCUT2D eigenvalue weighted by molar-refractivity contribution is -0.138. The molecule has 0 radical (unpaired) electrons. The molecule has 0 spiro atoms. The monoisotopic (exact) mass is 164 g/mol. The molecular formula is C4H5BrO2. The molecule has 1 saturated heterocycles. The number of alkyl halides is 1. The lowest BCUT2D eigenvalue weighted by Gasteiger charge is -1.93. The maximum atomic E-state index is 10.2. The van der Waals surface area contributed by atoms with E-state index in [1.165, 1.54) is 0 Å². The van der Waals surface area contributed by atoms with Crippen LogP contribution in [0.1, 0.15) is 12.8 Å². The fourth-order valence-electron chi connectivity index (χ4n) is 0.492. The first-order valence-electron chi connectivity index (χ1n) is 2.12. The largest absolute Gasteiger partial charge is 0.451 e. The maximum Gasteiger partial charge on any atom is 0.307 e. The van der Waals surface area contributed by atoms with E-state index in [9.17, 15) is 4.79 Å². The number of carbonyl (C=O) groups is 1. The summed E-state index contributed by atoms with van der Waals surface area (Å²) in [5.74, 6) is -0.0955. The molecule has 0 N–H and O–H groups in total. The van der Waals surface area contributed by atoms with Gasteiger partial charge in [0.1, 0.15) is 0 Å². The van der Waals surface area contributed by atoms with Crippen molar-refractivity contribution in [1.29, 1.82) is 0 Å². The highest BCUT2D eigenvalue weighted by molar-refractivity contribution is 9.09. The Morgan fingerprint density at radius 3 is 2.71 bits per heavy atom. The Hall–Kier alpha value is -0.0500. The Labute approximate surface area is 50.0 Å². The van der Waals surface area contributed by atoms with Crippen LogP contribution < -0.4 is 0 Å². The first-order valence-corrected chi connectivity index (χ1v) is 3.04. The minimum absolute atomic E-state index is 0.0139. The van der Waals surface area contributed by atoms with Crippen molar-refractivity contribution in [3.63, 3.8) is 0 Å². The number of cyclic esters (lactones) is 1. The van der Waals surface area contributed by atoms with Gasteiger partial charge in [-0.2, -0.15) is 0 Å². The van der Waals surface area contributed by atoms with Crippen LogP contribution in [0.5, 0.6) is 0 Å². The second-order valence-corrected chi connectivity index (χ2v) is 2.46. The van der Waals surface area contributed by atoms with E-state index in [4.69, 9.17) is 0 Å². The first kappa shape index (κ1) is 5.09. The molecular weight excluding hydrogens is 160 g/mol. The summed E-state index contributed by atoms with van der Waals surface area (Å²) in [5.41, 5.74) is 0. The van der Waals surface area contributed by atoms with E-state index < -0.39 is 0 Å². The highest BCUT2D eigenvalue weighted by atomic mass is 79.9. The van der Waals surface area contributed by atoms with Crippen molar-refractivity contribution in [2.45, 2.75) is 17.9 Å². The summed E-state index contributed by atoms with van der Waals surface area (Å²) < 4.78 is 4.64. The Morgan fingerprint density at radius 2 is 2.57 bits per heavy atom. The molecule has 1 fully saturated rings. The van der Waals surface area contributed by atoms with Crippen LogP contribution in [-0.2, 0) is 9.53 Å². The van der Waals surface area contributed by atoms with Crippen LogP contribution in [0.15, 0.2) is 0 Å². The lowest BCUT2D eigenvalue weighted by atomic mass is 10.4. The summed E-state index contributed by atoms with van der Waals surface area (Å²) in [6.45, 7) is 0. The van der Waals surface area contributed by atoms with Gasteiger partial charge >= 0.3 is 5.97 Å². The fourth-order valence-corrected chi connectivity index (χ4v) is 0.929. The van der Waals surface area contributed by atoms with Crippen LogP contribution >= 0.6 is 15.9 Å². The summed E-state index contributed by atoms with van der Waals surface area (Å²) in [4.78, 5) is 10.2. The molecule has 1 rings (SSSR count). The van der Waals surface area contributed by atoms with Crippen molar-refractivity contribution in [3.8, 4) is 0 Å². The van der Waals surface area contributed by atoms with Gasteiger partial charge in [-0.3, -0.25) is 4.79 Å². The zero-order valence-corrected chi connectivity index (χ0v) is 5.27. The van der Waals surface area contributed by atoms with E-state index >= 15 is 0 Å². The van der Waals surface area contributed by atoms with Crippen molar-refractivity contribution in [3.05, 3.63) is 0 Å². The Balaban J connectivity index is 2.40. The number of hydrogen-bond donors (Lipinski definition) is 0. The number of halogens is 1. The maximum absolute atomic E-state index is 10.2. The molecule has 1 aliphatic rings. The number of ether oxygens (including phenoxy) is 1. The molecule has 1 atom stereocenters. The average Bonchev–Trinajstić information content (AvgIpc) is 1.87. The Morgan fingerprint density at radius 1 is 1.86 bits per heavy atom. The molecule has 1 heterocycles. The van der Waals surface area contributed by atoms with E-state index in [2.05, 4.69) is 20.7 Å². The topological polar surface area (TPSA) is 26.3 Å². The average molecular weight is 165 g/mol. The first-order chi connectivity index (χ1) is 3.29.